The molecule has 1 saturated heterocycles. The summed E-state index contributed by atoms with van der Waals surface area (Å²) in [5, 5.41) is 0. The molecule has 0 N–H and O–H groups in total. The molecule has 2 rings (SSSR count). The Bertz CT molecular complexity index is 406. The predicted molar refractivity (Wildman–Crippen MR) is 65.1 cm³/mol. The maximum Gasteiger partial charge on any atom is 0.254 e. The number of pyridine rings is 1. The van der Waals surface area contributed by atoms with Gasteiger partial charge in [-0.15, -0.1) is 0 Å². The lowest BCUT2D eigenvalue weighted by molar-refractivity contribution is 0.0635. The number of carbonyl (C=O) groups is 1. The molecule has 1 aliphatic heterocycles. The van der Waals surface area contributed by atoms with Crippen molar-refractivity contribution in [2.45, 2.75) is 32.2 Å². The number of methoxy groups -OCH3 is 1. The molecule has 0 spiro atoms. The lowest BCUT2D eigenvalue weighted by Gasteiger charge is -2.33. The first-order valence-corrected chi connectivity index (χ1v) is 6.03. The highest BCUT2D eigenvalue weighted by molar-refractivity contribution is 5.94. The van der Waals surface area contributed by atoms with Crippen LogP contribution >= 0.6 is 0 Å². The minimum absolute atomic E-state index is 0.0814. The van der Waals surface area contributed by atoms with Crippen molar-refractivity contribution >= 4 is 5.91 Å². The van der Waals surface area contributed by atoms with E-state index in [2.05, 4.69) is 11.9 Å². The molecule has 1 atom stereocenters. The molecule has 1 aromatic rings. The molecule has 0 aromatic carbocycles. The topological polar surface area (TPSA) is 42.4 Å². The van der Waals surface area contributed by atoms with E-state index in [4.69, 9.17) is 4.74 Å². The van der Waals surface area contributed by atoms with Crippen molar-refractivity contribution in [3.05, 3.63) is 23.9 Å². The molecular formula is C13H18N2O2. The maximum absolute atomic E-state index is 12.3. The van der Waals surface area contributed by atoms with Crippen LogP contribution in [0, 0.1) is 0 Å². The number of nitrogens with zero attached hydrogens (tertiary/aromatic N) is 2. The second kappa shape index (κ2) is 5.17. The molecule has 92 valence electrons. The van der Waals surface area contributed by atoms with Crippen LogP contribution in [0.1, 0.15) is 36.5 Å². The van der Waals surface area contributed by atoms with Crippen LogP contribution in [0.3, 0.4) is 0 Å². The highest BCUT2D eigenvalue weighted by Crippen LogP contribution is 2.20. The quantitative estimate of drug-likeness (QED) is 0.787. The van der Waals surface area contributed by atoms with Crippen LogP contribution in [-0.2, 0) is 0 Å². The van der Waals surface area contributed by atoms with Gasteiger partial charge in [-0.2, -0.15) is 0 Å². The minimum atomic E-state index is 0.0814. The average Bonchev–Trinajstić information content (AvgIpc) is 2.38. The largest absolute Gasteiger partial charge is 0.481 e. The summed E-state index contributed by atoms with van der Waals surface area (Å²) in [5.74, 6) is 0.568. The Morgan fingerprint density at radius 1 is 1.53 bits per heavy atom. The molecule has 0 bridgehead atoms. The highest BCUT2D eigenvalue weighted by Gasteiger charge is 2.24. The molecule has 1 aliphatic rings. The van der Waals surface area contributed by atoms with Gasteiger partial charge in [-0.05, 0) is 32.3 Å². The molecule has 1 fully saturated rings. The summed E-state index contributed by atoms with van der Waals surface area (Å²) in [7, 11) is 1.56. The Hall–Kier alpha value is -1.58. The number of aromatic nitrogens is 1. The van der Waals surface area contributed by atoms with Crippen LogP contribution in [-0.4, -0.2) is 35.5 Å². The van der Waals surface area contributed by atoms with Crippen molar-refractivity contribution < 1.29 is 9.53 Å². The van der Waals surface area contributed by atoms with E-state index in [0.29, 0.717) is 17.5 Å². The van der Waals surface area contributed by atoms with Gasteiger partial charge in [0.1, 0.15) is 0 Å². The molecule has 0 aliphatic carbocycles. The molecule has 17 heavy (non-hydrogen) atoms. The van der Waals surface area contributed by atoms with Crippen LogP contribution in [0.2, 0.25) is 0 Å². The summed E-state index contributed by atoms with van der Waals surface area (Å²) in [6.07, 6.45) is 5.01. The Labute approximate surface area is 102 Å². The van der Waals surface area contributed by atoms with E-state index in [0.717, 1.165) is 19.4 Å². The normalized spacial score (nSPS) is 20.1. The summed E-state index contributed by atoms with van der Waals surface area (Å²) in [6, 6.07) is 3.77. The highest BCUT2D eigenvalue weighted by atomic mass is 16.5. The van der Waals surface area contributed by atoms with Crippen LogP contribution in [0.25, 0.3) is 0 Å². The Morgan fingerprint density at radius 2 is 2.35 bits per heavy atom. The first-order chi connectivity index (χ1) is 8.22. The second-order valence-corrected chi connectivity index (χ2v) is 4.43. The number of ether oxygens (including phenoxy) is 1. The first kappa shape index (κ1) is 11.9. The maximum atomic E-state index is 12.3. The third kappa shape index (κ3) is 2.57. The fraction of sp³-hybridized carbons (Fsp3) is 0.538. The monoisotopic (exact) mass is 234 g/mol. The summed E-state index contributed by atoms with van der Waals surface area (Å²) in [4.78, 5) is 18.3. The fourth-order valence-corrected chi connectivity index (χ4v) is 2.22. The van der Waals surface area contributed by atoms with E-state index in [1.807, 2.05) is 4.90 Å². The number of amides is 1. The lowest BCUT2D eigenvalue weighted by Crippen LogP contribution is -2.42. The van der Waals surface area contributed by atoms with Gasteiger partial charge >= 0.3 is 0 Å². The van der Waals surface area contributed by atoms with Crippen LogP contribution < -0.4 is 4.74 Å². The molecule has 4 nitrogen and oxygen atoms in total. The number of likely N-dealkylation sites (tertiary alicyclic amines) is 1. The molecule has 0 radical (unpaired) electrons. The molecule has 1 amide bonds. The van der Waals surface area contributed by atoms with Gasteiger partial charge in [0, 0.05) is 30.4 Å². The molecule has 4 heteroatoms. The van der Waals surface area contributed by atoms with Crippen molar-refractivity contribution in [3.8, 4) is 5.88 Å². The van der Waals surface area contributed by atoms with Gasteiger partial charge in [-0.3, -0.25) is 4.79 Å². The zero-order valence-electron chi connectivity index (χ0n) is 10.3. The van der Waals surface area contributed by atoms with E-state index < -0.39 is 0 Å². The zero-order valence-corrected chi connectivity index (χ0v) is 10.3. The Kier molecular flexibility index (Phi) is 3.61. The van der Waals surface area contributed by atoms with E-state index in [9.17, 15) is 4.79 Å². The van der Waals surface area contributed by atoms with Crippen molar-refractivity contribution in [2.75, 3.05) is 13.7 Å². The molecule has 2 heterocycles. The standard InChI is InChI=1S/C13H18N2O2/c1-10-5-3-4-8-15(10)13(16)11-6-7-14-12(9-11)17-2/h6-7,9-10H,3-5,8H2,1-2H3. The van der Waals surface area contributed by atoms with Crippen molar-refractivity contribution in [1.29, 1.82) is 0 Å². The van der Waals surface area contributed by atoms with Crippen LogP contribution in [0.5, 0.6) is 5.88 Å². The summed E-state index contributed by atoms with van der Waals surface area (Å²) >= 11 is 0. The summed E-state index contributed by atoms with van der Waals surface area (Å²) < 4.78 is 5.04. The van der Waals surface area contributed by atoms with Gasteiger partial charge in [-0.25, -0.2) is 4.98 Å². The molecule has 1 aromatic heterocycles. The van der Waals surface area contributed by atoms with Crippen LogP contribution in [0.15, 0.2) is 18.3 Å². The van der Waals surface area contributed by atoms with Gasteiger partial charge < -0.3 is 9.64 Å². The van der Waals surface area contributed by atoms with Gasteiger partial charge in [-0.1, -0.05) is 0 Å². The molecular weight excluding hydrogens is 216 g/mol. The average molecular weight is 234 g/mol. The third-order valence-corrected chi connectivity index (χ3v) is 3.25. The van der Waals surface area contributed by atoms with E-state index in [-0.39, 0.29) is 5.91 Å². The Balaban J connectivity index is 2.17. The molecule has 0 saturated carbocycles. The molecule has 1 unspecified atom stereocenters. The van der Waals surface area contributed by atoms with Gasteiger partial charge in [0.2, 0.25) is 5.88 Å². The van der Waals surface area contributed by atoms with E-state index in [1.54, 1.807) is 25.4 Å². The lowest BCUT2D eigenvalue weighted by atomic mass is 10.0. The number of hydrogen-bond donors (Lipinski definition) is 0. The third-order valence-electron chi connectivity index (χ3n) is 3.25. The second-order valence-electron chi connectivity index (χ2n) is 4.43. The number of hydrogen-bond acceptors (Lipinski definition) is 3. The number of rotatable bonds is 2. The zero-order chi connectivity index (χ0) is 12.3. The van der Waals surface area contributed by atoms with Gasteiger partial charge in [0.15, 0.2) is 0 Å². The number of carbonyl (C=O) groups excluding carboxylic acids is 1. The summed E-state index contributed by atoms with van der Waals surface area (Å²) in [6.45, 7) is 2.96. The van der Waals surface area contributed by atoms with E-state index >= 15 is 0 Å². The first-order valence-electron chi connectivity index (χ1n) is 6.03. The SMILES string of the molecule is COc1cc(C(=O)N2CCCCC2C)ccn1. The minimum Gasteiger partial charge on any atom is -0.481 e. The fourth-order valence-electron chi connectivity index (χ4n) is 2.22. The number of piperidine rings is 1. The Morgan fingerprint density at radius 3 is 3.06 bits per heavy atom. The van der Waals surface area contributed by atoms with Crippen molar-refractivity contribution in [3.63, 3.8) is 0 Å². The predicted octanol–water partition coefficient (Wildman–Crippen LogP) is 2.10. The van der Waals surface area contributed by atoms with Gasteiger partial charge in [0.05, 0.1) is 7.11 Å². The van der Waals surface area contributed by atoms with E-state index in [1.165, 1.54) is 6.42 Å². The van der Waals surface area contributed by atoms with Gasteiger partial charge in [0.25, 0.3) is 5.91 Å². The summed E-state index contributed by atoms with van der Waals surface area (Å²) in [5.41, 5.74) is 0.658. The smallest absolute Gasteiger partial charge is 0.254 e. The van der Waals surface area contributed by atoms with Crippen molar-refractivity contribution in [2.24, 2.45) is 0 Å². The van der Waals surface area contributed by atoms with Crippen molar-refractivity contribution in [1.82, 2.24) is 9.88 Å². The van der Waals surface area contributed by atoms with Crippen LogP contribution in [0.4, 0.5) is 0 Å².